The molecule has 0 aromatic heterocycles. The number of imide groups is 2. The fourth-order valence-corrected chi connectivity index (χ4v) is 3.95. The molecule has 4 amide bonds. The minimum absolute atomic E-state index is 0.0235. The monoisotopic (exact) mass is 434 g/mol. The van der Waals surface area contributed by atoms with Gasteiger partial charge >= 0.3 is 6.03 Å². The van der Waals surface area contributed by atoms with Gasteiger partial charge in [0.05, 0.1) is 10.6 Å². The van der Waals surface area contributed by atoms with Crippen molar-refractivity contribution in [2.45, 2.75) is 58.1 Å². The van der Waals surface area contributed by atoms with Crippen LogP contribution in [0.15, 0.2) is 28.2 Å². The summed E-state index contributed by atoms with van der Waals surface area (Å²) in [7, 11) is 0. The van der Waals surface area contributed by atoms with Crippen LogP contribution in [0.4, 0.5) is 4.79 Å². The number of barbiturate groups is 1. The van der Waals surface area contributed by atoms with Gasteiger partial charge in [0.1, 0.15) is 11.3 Å². The van der Waals surface area contributed by atoms with E-state index in [4.69, 9.17) is 4.74 Å². The maximum Gasteiger partial charge on any atom is 0.331 e. The number of carbonyl (C=O) groups excluding carboxylic acids is 3. The summed E-state index contributed by atoms with van der Waals surface area (Å²) in [4.78, 5) is 38.6. The lowest BCUT2D eigenvalue weighted by Gasteiger charge is -2.35. The zero-order valence-corrected chi connectivity index (χ0v) is 17.0. The van der Waals surface area contributed by atoms with E-state index in [1.807, 2.05) is 13.8 Å². The van der Waals surface area contributed by atoms with E-state index in [0.717, 1.165) is 36.6 Å². The van der Waals surface area contributed by atoms with Crippen LogP contribution in [0.2, 0.25) is 0 Å². The first-order valence-corrected chi connectivity index (χ1v) is 10.0. The lowest BCUT2D eigenvalue weighted by atomic mass is 9.93. The molecule has 0 unspecified atom stereocenters. The quantitative estimate of drug-likeness (QED) is 0.573. The molecule has 3 rings (SSSR count). The van der Waals surface area contributed by atoms with Crippen molar-refractivity contribution in [3.63, 3.8) is 0 Å². The first-order valence-electron chi connectivity index (χ1n) is 9.23. The van der Waals surface area contributed by atoms with E-state index in [-0.39, 0.29) is 17.7 Å². The third-order valence-corrected chi connectivity index (χ3v) is 5.32. The Hall–Kier alpha value is -2.15. The zero-order valence-electron chi connectivity index (χ0n) is 15.5. The smallest absolute Gasteiger partial charge is 0.331 e. The molecule has 1 aromatic rings. The number of hydrogen-bond donors (Lipinski definition) is 1. The molecule has 2 aliphatic rings. The summed E-state index contributed by atoms with van der Waals surface area (Å²) in [6.45, 7) is 3.87. The Morgan fingerprint density at radius 3 is 2.52 bits per heavy atom. The van der Waals surface area contributed by atoms with Crippen LogP contribution >= 0.6 is 15.9 Å². The first-order chi connectivity index (χ1) is 12.9. The van der Waals surface area contributed by atoms with Gasteiger partial charge in [-0.1, -0.05) is 25.3 Å². The van der Waals surface area contributed by atoms with E-state index in [1.54, 1.807) is 18.2 Å². The number of hydrogen-bond acceptors (Lipinski definition) is 4. The Bertz CT molecular complexity index is 797. The van der Waals surface area contributed by atoms with Crippen LogP contribution in [0.3, 0.4) is 0 Å². The topological polar surface area (TPSA) is 75.7 Å². The number of urea groups is 1. The van der Waals surface area contributed by atoms with Crippen molar-refractivity contribution in [2.24, 2.45) is 0 Å². The standard InChI is InChI=1S/C20H23BrN2O4/c1-12(2)27-17-9-8-13(11-16(17)21)10-15-18(24)22-20(26)23(19(15)25)14-6-4-3-5-7-14/h8-12,14H,3-7H2,1-2H3,(H,22,24,26). The molecular weight excluding hydrogens is 412 g/mol. The summed E-state index contributed by atoms with van der Waals surface area (Å²) >= 11 is 3.45. The highest BCUT2D eigenvalue weighted by molar-refractivity contribution is 9.10. The van der Waals surface area contributed by atoms with E-state index in [9.17, 15) is 14.4 Å². The molecule has 7 heteroatoms. The fraction of sp³-hybridized carbons (Fsp3) is 0.450. The van der Waals surface area contributed by atoms with E-state index < -0.39 is 17.8 Å². The lowest BCUT2D eigenvalue weighted by Crippen LogP contribution is -2.58. The largest absolute Gasteiger partial charge is 0.490 e. The zero-order chi connectivity index (χ0) is 19.6. The van der Waals surface area contributed by atoms with Gasteiger partial charge in [-0.2, -0.15) is 0 Å². The van der Waals surface area contributed by atoms with Gasteiger partial charge in [-0.3, -0.25) is 19.8 Å². The molecule has 0 spiro atoms. The Labute approximate surface area is 167 Å². The second kappa shape index (κ2) is 8.25. The minimum Gasteiger partial charge on any atom is -0.490 e. The van der Waals surface area contributed by atoms with Gasteiger partial charge in [-0.05, 0) is 66.4 Å². The highest BCUT2D eigenvalue weighted by atomic mass is 79.9. The maximum atomic E-state index is 12.9. The second-order valence-electron chi connectivity index (χ2n) is 7.14. The third-order valence-electron chi connectivity index (χ3n) is 4.70. The predicted octanol–water partition coefficient (Wildman–Crippen LogP) is 4.03. The summed E-state index contributed by atoms with van der Waals surface area (Å²) in [6, 6.07) is 4.59. The predicted molar refractivity (Wildman–Crippen MR) is 105 cm³/mol. The van der Waals surface area contributed by atoms with Crippen LogP contribution in [-0.2, 0) is 9.59 Å². The molecule has 1 N–H and O–H groups in total. The third kappa shape index (κ3) is 4.40. The van der Waals surface area contributed by atoms with Crippen molar-refractivity contribution >= 4 is 39.9 Å². The molecule has 144 valence electrons. The van der Waals surface area contributed by atoms with Crippen molar-refractivity contribution in [3.8, 4) is 5.75 Å². The van der Waals surface area contributed by atoms with Gasteiger partial charge in [0, 0.05) is 6.04 Å². The van der Waals surface area contributed by atoms with Crippen LogP contribution < -0.4 is 10.1 Å². The summed E-state index contributed by atoms with van der Waals surface area (Å²) in [6.07, 6.45) is 6.20. The SMILES string of the molecule is CC(C)Oc1ccc(C=C2C(=O)NC(=O)N(C3CCCCC3)C2=O)cc1Br. The molecule has 0 atom stereocenters. The molecule has 1 heterocycles. The van der Waals surface area contributed by atoms with Crippen LogP contribution in [0.25, 0.3) is 6.08 Å². The van der Waals surface area contributed by atoms with Crippen molar-refractivity contribution < 1.29 is 19.1 Å². The van der Waals surface area contributed by atoms with Gasteiger partial charge in [0.25, 0.3) is 11.8 Å². The van der Waals surface area contributed by atoms with Gasteiger partial charge in [0.15, 0.2) is 0 Å². The van der Waals surface area contributed by atoms with E-state index in [0.29, 0.717) is 11.3 Å². The molecule has 1 aliphatic heterocycles. The molecule has 1 saturated carbocycles. The lowest BCUT2D eigenvalue weighted by molar-refractivity contribution is -0.132. The Balaban J connectivity index is 1.87. The summed E-state index contributed by atoms with van der Waals surface area (Å²) in [5.41, 5.74) is 0.652. The number of rotatable bonds is 4. The molecular formula is C20H23BrN2O4. The number of nitrogens with one attached hydrogen (secondary N) is 1. The van der Waals surface area contributed by atoms with Crippen LogP contribution in [0.5, 0.6) is 5.75 Å². The van der Waals surface area contributed by atoms with Crippen molar-refractivity contribution in [3.05, 3.63) is 33.8 Å². The van der Waals surface area contributed by atoms with E-state index in [1.165, 1.54) is 11.0 Å². The second-order valence-corrected chi connectivity index (χ2v) is 8.00. The van der Waals surface area contributed by atoms with Gasteiger partial charge in [0.2, 0.25) is 0 Å². The Morgan fingerprint density at radius 2 is 1.89 bits per heavy atom. The average Bonchev–Trinajstić information content (AvgIpc) is 2.61. The van der Waals surface area contributed by atoms with Crippen LogP contribution in [-0.4, -0.2) is 34.9 Å². The van der Waals surface area contributed by atoms with Gasteiger partial charge < -0.3 is 4.74 Å². The van der Waals surface area contributed by atoms with Crippen LogP contribution in [0.1, 0.15) is 51.5 Å². The molecule has 2 fully saturated rings. The van der Waals surface area contributed by atoms with Crippen molar-refractivity contribution in [1.29, 1.82) is 0 Å². The summed E-state index contributed by atoms with van der Waals surface area (Å²) in [5, 5.41) is 2.30. The normalized spacial score (nSPS) is 20.4. The van der Waals surface area contributed by atoms with Crippen molar-refractivity contribution in [1.82, 2.24) is 10.2 Å². The highest BCUT2D eigenvalue weighted by Crippen LogP contribution is 2.29. The molecule has 6 nitrogen and oxygen atoms in total. The van der Waals surface area contributed by atoms with Gasteiger partial charge in [-0.15, -0.1) is 0 Å². The highest BCUT2D eigenvalue weighted by Gasteiger charge is 2.40. The molecule has 27 heavy (non-hydrogen) atoms. The molecule has 1 aromatic carbocycles. The number of ether oxygens (including phenoxy) is 1. The number of benzene rings is 1. The molecule has 0 bridgehead atoms. The summed E-state index contributed by atoms with van der Waals surface area (Å²) < 4.78 is 6.41. The number of amides is 4. The van der Waals surface area contributed by atoms with E-state index in [2.05, 4.69) is 21.2 Å². The van der Waals surface area contributed by atoms with Crippen molar-refractivity contribution in [2.75, 3.05) is 0 Å². The Kier molecular flexibility index (Phi) is 5.99. The Morgan fingerprint density at radius 1 is 1.19 bits per heavy atom. The average molecular weight is 435 g/mol. The number of nitrogens with zero attached hydrogens (tertiary/aromatic N) is 1. The maximum absolute atomic E-state index is 12.9. The fourth-order valence-electron chi connectivity index (χ4n) is 3.47. The number of halogens is 1. The van der Waals surface area contributed by atoms with E-state index >= 15 is 0 Å². The minimum atomic E-state index is -0.657. The first kappa shape index (κ1) is 19.6. The van der Waals surface area contributed by atoms with Crippen LogP contribution in [0, 0.1) is 0 Å². The molecule has 0 radical (unpaired) electrons. The van der Waals surface area contributed by atoms with Gasteiger partial charge in [-0.25, -0.2) is 4.79 Å². The number of carbonyl (C=O) groups is 3. The summed E-state index contributed by atoms with van der Waals surface area (Å²) in [5.74, 6) is -0.490. The molecule has 1 aliphatic carbocycles. The molecule has 1 saturated heterocycles.